The Kier molecular flexibility index (Phi) is 6.52. The van der Waals surface area contributed by atoms with Crippen LogP contribution in [0.25, 0.3) is 0 Å². The van der Waals surface area contributed by atoms with Gasteiger partial charge in [-0.3, -0.25) is 9.69 Å². The van der Waals surface area contributed by atoms with E-state index in [9.17, 15) is 35.9 Å². The zero-order chi connectivity index (χ0) is 24.6. The van der Waals surface area contributed by atoms with Gasteiger partial charge in [0.05, 0.1) is 24.0 Å². The monoisotopic (exact) mass is 475 g/mol. The van der Waals surface area contributed by atoms with Crippen molar-refractivity contribution in [1.29, 1.82) is 0 Å². The van der Waals surface area contributed by atoms with Gasteiger partial charge in [0.25, 0.3) is 0 Å². The fourth-order valence-corrected chi connectivity index (χ4v) is 3.34. The topological polar surface area (TPSA) is 78.4 Å². The molecule has 33 heavy (non-hydrogen) atoms. The first-order valence-corrected chi connectivity index (χ1v) is 9.72. The second-order valence-corrected chi connectivity index (χ2v) is 7.72. The number of nitrogens with zero attached hydrogens (tertiary/aromatic N) is 4. The number of rotatable bonds is 5. The van der Waals surface area contributed by atoms with Crippen LogP contribution in [0.1, 0.15) is 25.1 Å². The minimum atomic E-state index is -4.69. The number of halogens is 6. The third kappa shape index (κ3) is 5.52. The van der Waals surface area contributed by atoms with Crippen molar-refractivity contribution in [3.8, 4) is 0 Å². The number of urea groups is 1. The fraction of sp³-hybridized carbons (Fsp3) is 0.400. The van der Waals surface area contributed by atoms with E-state index in [0.29, 0.717) is 6.20 Å². The number of hydrogen-bond donors (Lipinski definition) is 1. The van der Waals surface area contributed by atoms with Crippen LogP contribution in [0.15, 0.2) is 36.7 Å². The lowest BCUT2D eigenvalue weighted by atomic mass is 10.0. The summed E-state index contributed by atoms with van der Waals surface area (Å²) >= 11 is 0. The molecule has 7 nitrogen and oxygen atoms in total. The number of anilines is 2. The van der Waals surface area contributed by atoms with Crippen molar-refractivity contribution in [2.75, 3.05) is 23.3 Å². The van der Waals surface area contributed by atoms with Crippen molar-refractivity contribution < 1.29 is 35.9 Å². The maximum atomic E-state index is 12.9. The van der Waals surface area contributed by atoms with Gasteiger partial charge in [0.1, 0.15) is 6.54 Å². The Morgan fingerprint density at radius 2 is 1.82 bits per heavy atom. The second-order valence-electron chi connectivity index (χ2n) is 7.72. The van der Waals surface area contributed by atoms with Crippen LogP contribution in [-0.2, 0) is 17.1 Å². The number of benzene rings is 1. The molecule has 3 amide bonds. The van der Waals surface area contributed by atoms with Crippen LogP contribution in [0.2, 0.25) is 0 Å². The number of hydrogen-bond acceptors (Lipinski definition) is 4. The lowest BCUT2D eigenvalue weighted by Crippen LogP contribution is -2.42. The zero-order valence-electron chi connectivity index (χ0n) is 17.4. The Hall–Kier alpha value is -3.38. The van der Waals surface area contributed by atoms with E-state index >= 15 is 0 Å². The molecule has 178 valence electrons. The summed E-state index contributed by atoms with van der Waals surface area (Å²) in [6, 6.07) is 2.88. The molecule has 1 aliphatic rings. The molecule has 1 atom stereocenters. The summed E-state index contributed by atoms with van der Waals surface area (Å²) < 4.78 is 76.8. The normalized spacial score (nSPS) is 17.1. The molecule has 0 aliphatic carbocycles. The molecule has 1 saturated heterocycles. The molecule has 0 unspecified atom stereocenters. The summed E-state index contributed by atoms with van der Waals surface area (Å²) in [5.41, 5.74) is -2.24. The van der Waals surface area contributed by atoms with Crippen molar-refractivity contribution >= 4 is 23.4 Å². The fourth-order valence-electron chi connectivity index (χ4n) is 3.34. The van der Waals surface area contributed by atoms with E-state index in [-0.39, 0.29) is 24.0 Å². The average molecular weight is 475 g/mol. The van der Waals surface area contributed by atoms with Gasteiger partial charge < -0.3 is 10.2 Å². The Morgan fingerprint density at radius 1 is 1.12 bits per heavy atom. The van der Waals surface area contributed by atoms with Crippen molar-refractivity contribution in [2.45, 2.75) is 32.2 Å². The van der Waals surface area contributed by atoms with Gasteiger partial charge in [-0.05, 0) is 24.1 Å². The largest absolute Gasteiger partial charge is 0.434 e. The Labute approximate surface area is 184 Å². The first-order valence-electron chi connectivity index (χ1n) is 9.72. The molecule has 2 aromatic rings. The van der Waals surface area contributed by atoms with Gasteiger partial charge in [-0.25, -0.2) is 14.8 Å². The Balaban J connectivity index is 1.75. The van der Waals surface area contributed by atoms with E-state index in [1.807, 2.05) is 0 Å². The highest BCUT2D eigenvalue weighted by Gasteiger charge is 2.41. The molecular weight excluding hydrogens is 456 g/mol. The lowest BCUT2D eigenvalue weighted by molar-refractivity contribution is -0.141. The molecule has 1 aliphatic heterocycles. The third-order valence-corrected chi connectivity index (χ3v) is 5.01. The molecule has 13 heteroatoms. The number of nitrogens with one attached hydrogen (secondary N) is 1. The predicted octanol–water partition coefficient (Wildman–Crippen LogP) is 4.42. The highest BCUT2D eigenvalue weighted by Crippen LogP contribution is 2.31. The van der Waals surface area contributed by atoms with Gasteiger partial charge in [-0.2, -0.15) is 26.3 Å². The van der Waals surface area contributed by atoms with Crippen LogP contribution < -0.4 is 10.2 Å². The van der Waals surface area contributed by atoms with E-state index in [1.54, 1.807) is 13.8 Å². The van der Waals surface area contributed by atoms with Crippen LogP contribution in [0.3, 0.4) is 0 Å². The van der Waals surface area contributed by atoms with Gasteiger partial charge in [-0.1, -0.05) is 19.9 Å². The average Bonchev–Trinajstić information content (AvgIpc) is 3.03. The van der Waals surface area contributed by atoms with Crippen LogP contribution in [-0.4, -0.2) is 45.9 Å². The number of carbonyl (C=O) groups excluding carboxylic acids is 2. The van der Waals surface area contributed by atoms with Crippen LogP contribution in [0.4, 0.5) is 42.6 Å². The predicted molar refractivity (Wildman–Crippen MR) is 105 cm³/mol. The van der Waals surface area contributed by atoms with Crippen molar-refractivity contribution in [2.24, 2.45) is 5.92 Å². The van der Waals surface area contributed by atoms with Gasteiger partial charge in [-0.15, -0.1) is 0 Å². The van der Waals surface area contributed by atoms with E-state index in [4.69, 9.17) is 0 Å². The molecule has 1 fully saturated rings. The maximum absolute atomic E-state index is 12.9. The molecule has 3 rings (SSSR count). The molecule has 2 heterocycles. The lowest BCUT2D eigenvalue weighted by Gasteiger charge is -2.25. The Bertz CT molecular complexity index is 1020. The van der Waals surface area contributed by atoms with E-state index in [1.165, 1.54) is 11.0 Å². The van der Waals surface area contributed by atoms with Crippen molar-refractivity contribution in [3.05, 3.63) is 47.9 Å². The number of aromatic nitrogens is 2. The molecule has 0 saturated carbocycles. The Morgan fingerprint density at radius 3 is 2.36 bits per heavy atom. The quantitative estimate of drug-likeness (QED) is 0.650. The van der Waals surface area contributed by atoms with Crippen molar-refractivity contribution in [3.63, 3.8) is 0 Å². The smallest absolute Gasteiger partial charge is 0.325 e. The van der Waals surface area contributed by atoms with Gasteiger partial charge >= 0.3 is 18.4 Å². The zero-order valence-corrected chi connectivity index (χ0v) is 17.4. The highest BCUT2D eigenvalue weighted by atomic mass is 19.4. The summed E-state index contributed by atoms with van der Waals surface area (Å²) in [5.74, 6) is -0.976. The first kappa shape index (κ1) is 24.3. The van der Waals surface area contributed by atoms with Gasteiger partial charge in [0.2, 0.25) is 5.91 Å². The van der Waals surface area contributed by atoms with Gasteiger partial charge in [0.15, 0.2) is 11.5 Å². The summed E-state index contributed by atoms with van der Waals surface area (Å²) in [6.07, 6.45) is -7.94. The minimum absolute atomic E-state index is 0.0490. The molecule has 1 aromatic heterocycles. The van der Waals surface area contributed by atoms with E-state index in [2.05, 4.69) is 15.3 Å². The summed E-state index contributed by atoms with van der Waals surface area (Å²) in [6.45, 7) is 3.16. The van der Waals surface area contributed by atoms with Crippen LogP contribution in [0, 0.1) is 5.92 Å². The molecule has 1 N–H and O–H groups in total. The summed E-state index contributed by atoms with van der Waals surface area (Å²) in [7, 11) is 0. The van der Waals surface area contributed by atoms with E-state index < -0.39 is 48.1 Å². The SMILES string of the molecule is CC(C)[C@H]1CN(c2cnc(C(F)(F)F)cn2)C(=O)N1CC(=O)Nc1cccc(C(F)(F)F)c1. The summed E-state index contributed by atoms with van der Waals surface area (Å²) in [4.78, 5) is 34.7. The summed E-state index contributed by atoms with van der Waals surface area (Å²) in [5, 5.41) is 2.34. The number of alkyl halides is 6. The third-order valence-electron chi connectivity index (χ3n) is 5.01. The molecule has 0 bridgehead atoms. The highest BCUT2D eigenvalue weighted by molar-refractivity contribution is 5.99. The number of carbonyl (C=O) groups is 2. The van der Waals surface area contributed by atoms with Crippen molar-refractivity contribution in [1.82, 2.24) is 14.9 Å². The maximum Gasteiger partial charge on any atom is 0.434 e. The van der Waals surface area contributed by atoms with Crippen LogP contribution in [0.5, 0.6) is 0 Å². The van der Waals surface area contributed by atoms with E-state index in [0.717, 1.165) is 29.3 Å². The number of amides is 3. The molecule has 0 radical (unpaired) electrons. The van der Waals surface area contributed by atoms with Gasteiger partial charge in [0, 0.05) is 12.2 Å². The minimum Gasteiger partial charge on any atom is -0.325 e. The first-order chi connectivity index (χ1) is 15.3. The van der Waals surface area contributed by atoms with Crippen LogP contribution >= 0.6 is 0 Å². The molecular formula is C20H19F6N5O2. The molecule has 0 spiro atoms. The standard InChI is InChI=1S/C20H19F6N5O2/c1-11(2)14-9-31(16-8-27-15(7-28-16)20(24,25)26)18(33)30(14)10-17(32)29-13-5-3-4-12(6-13)19(21,22)23/h3-8,11,14H,9-10H2,1-2H3,(H,29,32)/t14-/m1/s1. The second kappa shape index (κ2) is 8.87. The molecule has 1 aromatic carbocycles.